The van der Waals surface area contributed by atoms with E-state index < -0.39 is 5.63 Å². The Kier molecular flexibility index (Phi) is 5.31. The second kappa shape index (κ2) is 7.66. The number of hydrogen-bond acceptors (Lipinski definition) is 4. The predicted octanol–water partition coefficient (Wildman–Crippen LogP) is 4.39. The molecule has 0 saturated carbocycles. The van der Waals surface area contributed by atoms with Crippen LogP contribution in [-0.2, 0) is 11.3 Å². The molecule has 0 spiro atoms. The van der Waals surface area contributed by atoms with Gasteiger partial charge in [-0.05, 0) is 50.1 Å². The highest BCUT2D eigenvalue weighted by atomic mass is 16.4. The molecular formula is C22H24N2O3. The fourth-order valence-corrected chi connectivity index (χ4v) is 3.37. The molecule has 0 aliphatic heterocycles. The van der Waals surface area contributed by atoms with Crippen LogP contribution < -0.4 is 15.8 Å². The van der Waals surface area contributed by atoms with Gasteiger partial charge in [-0.1, -0.05) is 17.7 Å². The third-order valence-electron chi connectivity index (χ3n) is 4.59. The summed E-state index contributed by atoms with van der Waals surface area (Å²) in [7, 11) is 0. The van der Waals surface area contributed by atoms with Gasteiger partial charge in [0.25, 0.3) is 0 Å². The number of aryl methyl sites for hydroxylation is 2. The number of nitrogens with one attached hydrogen (secondary N) is 1. The average molecular weight is 364 g/mol. The zero-order chi connectivity index (χ0) is 19.6. The van der Waals surface area contributed by atoms with Crippen molar-refractivity contribution < 1.29 is 9.21 Å². The van der Waals surface area contributed by atoms with Crippen molar-refractivity contribution >= 4 is 28.3 Å². The molecule has 2 aromatic carbocycles. The summed E-state index contributed by atoms with van der Waals surface area (Å²) in [4.78, 5) is 25.6. The second-order valence-electron chi connectivity index (χ2n) is 6.79. The van der Waals surface area contributed by atoms with Crippen molar-refractivity contribution in [2.75, 3.05) is 16.8 Å². The maximum Gasteiger partial charge on any atom is 0.336 e. The lowest BCUT2D eigenvalue weighted by atomic mass is 10.1. The van der Waals surface area contributed by atoms with Gasteiger partial charge in [0.15, 0.2) is 0 Å². The minimum Gasteiger partial charge on any atom is -0.423 e. The first kappa shape index (κ1) is 18.7. The molecule has 27 heavy (non-hydrogen) atoms. The van der Waals surface area contributed by atoms with Crippen LogP contribution in [0.5, 0.6) is 0 Å². The van der Waals surface area contributed by atoms with E-state index in [1.807, 2.05) is 12.1 Å². The summed E-state index contributed by atoms with van der Waals surface area (Å²) in [6.07, 6.45) is 0. The van der Waals surface area contributed by atoms with Crippen LogP contribution in [0.4, 0.5) is 11.4 Å². The molecule has 3 aromatic rings. The molecule has 0 radical (unpaired) electrons. The third kappa shape index (κ3) is 4.19. The number of carbonyl (C=O) groups is 1. The number of fused-ring (bicyclic) bond motifs is 1. The Morgan fingerprint density at radius 2 is 1.89 bits per heavy atom. The van der Waals surface area contributed by atoms with Crippen LogP contribution in [0.3, 0.4) is 0 Å². The SMILES string of the molecule is CCN(Cc1cc(=O)oc2cc(NC(C)=O)ccc12)c1ccc(C)cc1C. The molecule has 1 aromatic heterocycles. The quantitative estimate of drug-likeness (QED) is 0.682. The summed E-state index contributed by atoms with van der Waals surface area (Å²) in [5.41, 5.74) is 5.17. The second-order valence-corrected chi connectivity index (χ2v) is 6.79. The van der Waals surface area contributed by atoms with Gasteiger partial charge >= 0.3 is 5.63 Å². The monoisotopic (exact) mass is 364 g/mol. The molecule has 3 rings (SSSR count). The Labute approximate surface area is 158 Å². The van der Waals surface area contributed by atoms with Crippen molar-refractivity contribution in [3.05, 3.63) is 69.6 Å². The molecule has 1 heterocycles. The molecule has 0 bridgehead atoms. The molecule has 5 nitrogen and oxygen atoms in total. The largest absolute Gasteiger partial charge is 0.423 e. The van der Waals surface area contributed by atoms with Crippen LogP contribution in [0.1, 0.15) is 30.5 Å². The summed E-state index contributed by atoms with van der Waals surface area (Å²) in [5.74, 6) is -0.167. The Morgan fingerprint density at radius 1 is 1.11 bits per heavy atom. The Hall–Kier alpha value is -3.08. The minimum absolute atomic E-state index is 0.167. The lowest BCUT2D eigenvalue weighted by Crippen LogP contribution is -2.23. The Morgan fingerprint density at radius 3 is 2.56 bits per heavy atom. The normalized spacial score (nSPS) is 10.8. The number of rotatable bonds is 5. The number of hydrogen-bond donors (Lipinski definition) is 1. The summed E-state index contributed by atoms with van der Waals surface area (Å²) in [5, 5.41) is 3.58. The molecule has 0 atom stereocenters. The van der Waals surface area contributed by atoms with Gasteiger partial charge in [0, 0.05) is 48.9 Å². The van der Waals surface area contributed by atoms with E-state index in [1.165, 1.54) is 18.1 Å². The van der Waals surface area contributed by atoms with Crippen molar-refractivity contribution in [3.8, 4) is 0 Å². The summed E-state index contributed by atoms with van der Waals surface area (Å²) in [6, 6.07) is 13.3. The van der Waals surface area contributed by atoms with Crippen LogP contribution in [0.15, 0.2) is 51.7 Å². The maximum absolute atomic E-state index is 12.1. The van der Waals surface area contributed by atoms with Crippen molar-refractivity contribution in [3.63, 3.8) is 0 Å². The van der Waals surface area contributed by atoms with Crippen molar-refractivity contribution in [1.82, 2.24) is 0 Å². The fraction of sp³-hybridized carbons (Fsp3) is 0.273. The molecule has 140 valence electrons. The smallest absolute Gasteiger partial charge is 0.336 e. The van der Waals surface area contributed by atoms with Crippen LogP contribution in [0, 0.1) is 13.8 Å². The first-order chi connectivity index (χ1) is 12.9. The first-order valence-corrected chi connectivity index (χ1v) is 9.04. The Balaban J connectivity index is 2.02. The highest BCUT2D eigenvalue weighted by Gasteiger charge is 2.13. The molecule has 0 unspecified atom stereocenters. The van der Waals surface area contributed by atoms with E-state index in [2.05, 4.69) is 49.2 Å². The van der Waals surface area contributed by atoms with Gasteiger partial charge < -0.3 is 14.6 Å². The van der Waals surface area contributed by atoms with Crippen molar-refractivity contribution in [2.45, 2.75) is 34.2 Å². The molecule has 5 heteroatoms. The van der Waals surface area contributed by atoms with E-state index in [4.69, 9.17) is 4.42 Å². The van der Waals surface area contributed by atoms with E-state index >= 15 is 0 Å². The van der Waals surface area contributed by atoms with Crippen LogP contribution in [0.25, 0.3) is 11.0 Å². The summed E-state index contributed by atoms with van der Waals surface area (Å²) >= 11 is 0. The van der Waals surface area contributed by atoms with Gasteiger partial charge in [0.2, 0.25) is 5.91 Å². The van der Waals surface area contributed by atoms with Gasteiger partial charge in [-0.25, -0.2) is 4.79 Å². The zero-order valence-corrected chi connectivity index (χ0v) is 16.1. The van der Waals surface area contributed by atoms with Gasteiger partial charge in [0.05, 0.1) is 0 Å². The maximum atomic E-state index is 12.1. The zero-order valence-electron chi connectivity index (χ0n) is 16.1. The lowest BCUT2D eigenvalue weighted by molar-refractivity contribution is -0.114. The van der Waals surface area contributed by atoms with Gasteiger partial charge in [-0.3, -0.25) is 4.79 Å². The fourth-order valence-electron chi connectivity index (χ4n) is 3.37. The van der Waals surface area contributed by atoms with Crippen LogP contribution in [0.2, 0.25) is 0 Å². The number of nitrogens with zero attached hydrogens (tertiary/aromatic N) is 1. The van der Waals surface area contributed by atoms with Crippen LogP contribution in [-0.4, -0.2) is 12.5 Å². The van der Waals surface area contributed by atoms with E-state index in [1.54, 1.807) is 12.1 Å². The van der Waals surface area contributed by atoms with Gasteiger partial charge in [-0.15, -0.1) is 0 Å². The number of anilines is 2. The number of carbonyl (C=O) groups excluding carboxylic acids is 1. The number of amides is 1. The molecule has 1 N–H and O–H groups in total. The van der Waals surface area contributed by atoms with E-state index in [9.17, 15) is 9.59 Å². The first-order valence-electron chi connectivity index (χ1n) is 9.04. The lowest BCUT2D eigenvalue weighted by Gasteiger charge is -2.25. The Bertz CT molecular complexity index is 1050. The molecule has 0 saturated heterocycles. The molecule has 0 fully saturated rings. The highest BCUT2D eigenvalue weighted by Crippen LogP contribution is 2.26. The van der Waals surface area contributed by atoms with Crippen molar-refractivity contribution in [1.29, 1.82) is 0 Å². The summed E-state index contributed by atoms with van der Waals surface area (Å²) < 4.78 is 5.36. The van der Waals surface area contributed by atoms with Crippen LogP contribution >= 0.6 is 0 Å². The van der Waals surface area contributed by atoms with Gasteiger partial charge in [-0.2, -0.15) is 0 Å². The van der Waals surface area contributed by atoms with Gasteiger partial charge in [0.1, 0.15) is 5.58 Å². The van der Waals surface area contributed by atoms with E-state index in [0.717, 1.165) is 23.2 Å². The third-order valence-corrected chi connectivity index (χ3v) is 4.59. The standard InChI is InChI=1S/C22H24N2O3/c1-5-24(20-9-6-14(2)10-15(20)3)13-17-11-22(26)27-21-12-18(23-16(4)25)7-8-19(17)21/h6-12H,5,13H2,1-4H3,(H,23,25). The molecule has 0 aliphatic carbocycles. The summed E-state index contributed by atoms with van der Waals surface area (Å²) in [6.45, 7) is 9.14. The predicted molar refractivity (Wildman–Crippen MR) is 109 cm³/mol. The number of benzene rings is 2. The average Bonchev–Trinajstić information content (AvgIpc) is 2.59. The van der Waals surface area contributed by atoms with Crippen molar-refractivity contribution in [2.24, 2.45) is 0 Å². The molecule has 0 aliphatic rings. The molecular weight excluding hydrogens is 340 g/mol. The van der Waals surface area contributed by atoms with E-state index in [-0.39, 0.29) is 5.91 Å². The molecule has 1 amide bonds. The highest BCUT2D eigenvalue weighted by molar-refractivity contribution is 5.92. The van der Waals surface area contributed by atoms with E-state index in [0.29, 0.717) is 17.8 Å². The topological polar surface area (TPSA) is 62.6 Å². The minimum atomic E-state index is -0.394.